The molecule has 6 nitrogen and oxygen atoms in total. The maximum atomic E-state index is 12.3. The van der Waals surface area contributed by atoms with E-state index < -0.39 is 10.8 Å². The average molecular weight is 353 g/mol. The summed E-state index contributed by atoms with van der Waals surface area (Å²) >= 11 is 1.37. The number of amides is 1. The van der Waals surface area contributed by atoms with Crippen LogP contribution in [0.25, 0.3) is 10.4 Å². The first-order valence-corrected chi connectivity index (χ1v) is 8.35. The van der Waals surface area contributed by atoms with Crippen LogP contribution in [0, 0.1) is 24.0 Å². The molecular formula is C18H15N3O3S. The second kappa shape index (κ2) is 6.82. The van der Waals surface area contributed by atoms with E-state index >= 15 is 0 Å². The topological polar surface area (TPSA) is 85.1 Å². The van der Waals surface area contributed by atoms with Gasteiger partial charge in [-0.1, -0.05) is 41.2 Å². The van der Waals surface area contributed by atoms with Crippen molar-refractivity contribution in [2.24, 2.45) is 0 Å². The molecule has 0 aliphatic rings. The Balaban J connectivity index is 1.81. The third-order valence-corrected chi connectivity index (χ3v) is 4.65. The Kier molecular flexibility index (Phi) is 4.58. The Morgan fingerprint density at radius 1 is 1.20 bits per heavy atom. The van der Waals surface area contributed by atoms with E-state index in [0.29, 0.717) is 5.13 Å². The first-order valence-electron chi connectivity index (χ1n) is 7.53. The van der Waals surface area contributed by atoms with Crippen molar-refractivity contribution < 1.29 is 9.72 Å². The number of nitrogens with one attached hydrogen (secondary N) is 1. The minimum absolute atomic E-state index is 0.122. The summed E-state index contributed by atoms with van der Waals surface area (Å²) in [5.74, 6) is -0.425. The predicted molar refractivity (Wildman–Crippen MR) is 98.1 cm³/mol. The van der Waals surface area contributed by atoms with E-state index in [9.17, 15) is 14.9 Å². The van der Waals surface area contributed by atoms with Crippen molar-refractivity contribution >= 4 is 28.1 Å². The van der Waals surface area contributed by atoms with Gasteiger partial charge in [0, 0.05) is 23.9 Å². The molecule has 1 aromatic heterocycles. The predicted octanol–water partition coefficient (Wildman–Crippen LogP) is 4.59. The van der Waals surface area contributed by atoms with E-state index in [0.717, 1.165) is 21.6 Å². The maximum Gasteiger partial charge on any atom is 0.270 e. The molecule has 25 heavy (non-hydrogen) atoms. The van der Waals surface area contributed by atoms with Gasteiger partial charge in [0.05, 0.1) is 9.80 Å². The van der Waals surface area contributed by atoms with Crippen LogP contribution in [0.1, 0.15) is 21.5 Å². The van der Waals surface area contributed by atoms with Gasteiger partial charge in [-0.3, -0.25) is 20.2 Å². The van der Waals surface area contributed by atoms with Gasteiger partial charge in [-0.25, -0.2) is 4.98 Å². The fourth-order valence-corrected chi connectivity index (χ4v) is 3.28. The summed E-state index contributed by atoms with van der Waals surface area (Å²) in [5, 5.41) is 14.0. The van der Waals surface area contributed by atoms with E-state index in [-0.39, 0.29) is 11.3 Å². The number of carbonyl (C=O) groups excluding carboxylic acids is 1. The Hall–Kier alpha value is -3.06. The summed E-state index contributed by atoms with van der Waals surface area (Å²) in [5.41, 5.74) is 3.45. The first-order chi connectivity index (χ1) is 11.9. The minimum atomic E-state index is -0.529. The molecule has 1 heterocycles. The Morgan fingerprint density at radius 2 is 2.00 bits per heavy atom. The van der Waals surface area contributed by atoms with Crippen LogP contribution < -0.4 is 5.32 Å². The molecule has 2 aromatic carbocycles. The van der Waals surface area contributed by atoms with Gasteiger partial charge in [0.15, 0.2) is 5.13 Å². The maximum absolute atomic E-state index is 12.3. The highest BCUT2D eigenvalue weighted by molar-refractivity contribution is 7.19. The lowest BCUT2D eigenvalue weighted by molar-refractivity contribution is -0.384. The number of thiazole rings is 1. The van der Waals surface area contributed by atoms with E-state index in [1.165, 1.54) is 35.6 Å². The Morgan fingerprint density at radius 3 is 2.76 bits per heavy atom. The summed E-state index contributed by atoms with van der Waals surface area (Å²) in [4.78, 5) is 27.8. The molecule has 0 bridgehead atoms. The lowest BCUT2D eigenvalue weighted by Gasteiger charge is -2.04. The minimum Gasteiger partial charge on any atom is -0.298 e. The number of carbonyl (C=O) groups is 1. The highest BCUT2D eigenvalue weighted by Crippen LogP contribution is 2.32. The van der Waals surface area contributed by atoms with E-state index in [4.69, 9.17) is 0 Å². The van der Waals surface area contributed by atoms with Crippen LogP contribution in [0.5, 0.6) is 0 Å². The van der Waals surface area contributed by atoms with Gasteiger partial charge in [0.2, 0.25) is 0 Å². The Bertz CT molecular complexity index is 966. The van der Waals surface area contributed by atoms with Crippen LogP contribution >= 0.6 is 11.3 Å². The normalized spacial score (nSPS) is 10.5. The SMILES string of the molecule is Cc1ccc(C)c(-c2cnc(NC(=O)c3cccc([N+](=O)[O-])c3)s2)c1. The average Bonchev–Trinajstić information content (AvgIpc) is 3.05. The van der Waals surface area contributed by atoms with Crippen LogP contribution in [0.3, 0.4) is 0 Å². The molecule has 1 amide bonds. The molecule has 0 aliphatic heterocycles. The molecule has 0 atom stereocenters. The first kappa shape index (κ1) is 16.8. The van der Waals surface area contributed by atoms with Crippen molar-refractivity contribution in [3.05, 3.63) is 75.5 Å². The fraction of sp³-hybridized carbons (Fsp3) is 0.111. The number of nitro benzene ring substituents is 1. The molecule has 0 saturated heterocycles. The number of nitro groups is 1. The number of hydrogen-bond acceptors (Lipinski definition) is 5. The number of benzene rings is 2. The highest BCUT2D eigenvalue weighted by atomic mass is 32.1. The molecule has 0 aliphatic carbocycles. The van der Waals surface area contributed by atoms with Crippen molar-refractivity contribution in [2.45, 2.75) is 13.8 Å². The van der Waals surface area contributed by atoms with E-state index in [2.05, 4.69) is 16.4 Å². The quantitative estimate of drug-likeness (QED) is 0.549. The standard InChI is InChI=1S/C18H15N3O3S/c1-11-6-7-12(2)15(8-11)16-10-19-18(25-16)20-17(22)13-4-3-5-14(9-13)21(23)24/h3-10H,1-2H3,(H,19,20,22). The summed E-state index contributed by atoms with van der Waals surface area (Å²) in [6.07, 6.45) is 1.72. The van der Waals surface area contributed by atoms with Gasteiger partial charge in [0.25, 0.3) is 11.6 Å². The van der Waals surface area contributed by atoms with Gasteiger partial charge < -0.3 is 0 Å². The number of rotatable bonds is 4. The van der Waals surface area contributed by atoms with Crippen LogP contribution in [-0.4, -0.2) is 15.8 Å². The van der Waals surface area contributed by atoms with Gasteiger partial charge in [-0.2, -0.15) is 0 Å². The van der Waals surface area contributed by atoms with Crippen molar-refractivity contribution in [3.8, 4) is 10.4 Å². The number of anilines is 1. The zero-order valence-electron chi connectivity index (χ0n) is 13.6. The number of non-ortho nitro benzene ring substituents is 1. The number of aromatic nitrogens is 1. The fourth-order valence-electron chi connectivity index (χ4n) is 2.39. The number of hydrogen-bond donors (Lipinski definition) is 1. The molecule has 0 radical (unpaired) electrons. The summed E-state index contributed by atoms with van der Waals surface area (Å²) in [6, 6.07) is 11.8. The second-order valence-corrected chi connectivity index (χ2v) is 6.64. The molecular weight excluding hydrogens is 338 g/mol. The molecule has 0 saturated carbocycles. The monoisotopic (exact) mass is 353 g/mol. The Labute approximate surface area is 148 Å². The number of aryl methyl sites for hydroxylation is 2. The van der Waals surface area contributed by atoms with Crippen molar-refractivity contribution in [1.29, 1.82) is 0 Å². The van der Waals surface area contributed by atoms with Crippen molar-refractivity contribution in [2.75, 3.05) is 5.32 Å². The van der Waals surface area contributed by atoms with Crippen LogP contribution in [0.4, 0.5) is 10.8 Å². The van der Waals surface area contributed by atoms with Gasteiger partial charge in [0.1, 0.15) is 0 Å². The summed E-state index contributed by atoms with van der Waals surface area (Å²) < 4.78 is 0. The molecule has 0 unspecified atom stereocenters. The molecule has 7 heteroatoms. The zero-order chi connectivity index (χ0) is 18.0. The smallest absolute Gasteiger partial charge is 0.270 e. The number of nitrogens with zero attached hydrogens (tertiary/aromatic N) is 2. The molecule has 0 spiro atoms. The van der Waals surface area contributed by atoms with Crippen LogP contribution in [-0.2, 0) is 0 Å². The molecule has 1 N–H and O–H groups in total. The zero-order valence-corrected chi connectivity index (χ0v) is 14.5. The largest absolute Gasteiger partial charge is 0.298 e. The van der Waals surface area contributed by atoms with Crippen LogP contribution in [0.15, 0.2) is 48.7 Å². The van der Waals surface area contributed by atoms with Gasteiger partial charge in [-0.15, -0.1) is 0 Å². The van der Waals surface area contributed by atoms with Crippen molar-refractivity contribution in [1.82, 2.24) is 4.98 Å². The van der Waals surface area contributed by atoms with Crippen molar-refractivity contribution in [3.63, 3.8) is 0 Å². The molecule has 126 valence electrons. The third kappa shape index (κ3) is 3.72. The second-order valence-electron chi connectivity index (χ2n) is 5.61. The molecule has 3 aromatic rings. The molecule has 3 rings (SSSR count). The van der Waals surface area contributed by atoms with Crippen LogP contribution in [0.2, 0.25) is 0 Å². The lowest BCUT2D eigenvalue weighted by Crippen LogP contribution is -2.11. The summed E-state index contributed by atoms with van der Waals surface area (Å²) in [6.45, 7) is 4.05. The van der Waals surface area contributed by atoms with E-state index in [1.807, 2.05) is 26.0 Å². The van der Waals surface area contributed by atoms with E-state index in [1.54, 1.807) is 6.20 Å². The molecule has 0 fully saturated rings. The van der Waals surface area contributed by atoms with Gasteiger partial charge >= 0.3 is 0 Å². The van der Waals surface area contributed by atoms with Gasteiger partial charge in [-0.05, 0) is 31.0 Å². The highest BCUT2D eigenvalue weighted by Gasteiger charge is 2.14. The lowest BCUT2D eigenvalue weighted by atomic mass is 10.1. The summed E-state index contributed by atoms with van der Waals surface area (Å²) in [7, 11) is 0. The third-order valence-electron chi connectivity index (χ3n) is 3.70.